The van der Waals surface area contributed by atoms with E-state index in [9.17, 15) is 19.5 Å². The van der Waals surface area contributed by atoms with Gasteiger partial charge in [0.05, 0.1) is 5.69 Å². The SMILES string of the molecule is CC(=O)c1cncc(-c2ccc(-n3cc(C(=O)O)c(N(C(=O)[C@H]4CC[C@H](C)CC4)C(C)C)n3)cc2)c1. The van der Waals surface area contributed by atoms with Gasteiger partial charge < -0.3 is 5.11 Å². The quantitative estimate of drug-likeness (QED) is 0.446. The molecule has 2 heterocycles. The van der Waals surface area contributed by atoms with Gasteiger partial charge in [-0.25, -0.2) is 9.48 Å². The van der Waals surface area contributed by atoms with E-state index in [1.165, 1.54) is 24.0 Å². The van der Waals surface area contributed by atoms with Gasteiger partial charge in [0.1, 0.15) is 5.56 Å². The van der Waals surface area contributed by atoms with Crippen LogP contribution in [-0.4, -0.2) is 43.6 Å². The van der Waals surface area contributed by atoms with Gasteiger partial charge >= 0.3 is 5.97 Å². The summed E-state index contributed by atoms with van der Waals surface area (Å²) in [6, 6.07) is 8.93. The van der Waals surface area contributed by atoms with Crippen molar-refractivity contribution in [2.75, 3.05) is 4.90 Å². The van der Waals surface area contributed by atoms with Crippen LogP contribution in [0.4, 0.5) is 5.82 Å². The van der Waals surface area contributed by atoms with Crippen molar-refractivity contribution in [1.29, 1.82) is 0 Å². The summed E-state index contributed by atoms with van der Waals surface area (Å²) in [5.74, 6) is -0.580. The number of amides is 1. The molecule has 8 heteroatoms. The minimum Gasteiger partial charge on any atom is -0.477 e. The van der Waals surface area contributed by atoms with Crippen molar-refractivity contribution in [3.05, 3.63) is 60.0 Å². The number of carbonyl (C=O) groups excluding carboxylic acids is 2. The zero-order valence-corrected chi connectivity index (χ0v) is 21.1. The number of aromatic nitrogens is 3. The lowest BCUT2D eigenvalue weighted by Crippen LogP contribution is -2.43. The van der Waals surface area contributed by atoms with Crippen molar-refractivity contribution in [2.24, 2.45) is 11.8 Å². The molecule has 1 amide bonds. The molecule has 0 saturated heterocycles. The van der Waals surface area contributed by atoms with Crippen LogP contribution in [0.5, 0.6) is 0 Å². The Balaban J connectivity index is 1.66. The number of carbonyl (C=O) groups is 3. The summed E-state index contributed by atoms with van der Waals surface area (Å²) in [6.45, 7) is 7.46. The van der Waals surface area contributed by atoms with Crippen LogP contribution in [0, 0.1) is 11.8 Å². The Labute approximate surface area is 211 Å². The van der Waals surface area contributed by atoms with Crippen LogP contribution in [0.15, 0.2) is 48.9 Å². The van der Waals surface area contributed by atoms with Gasteiger partial charge in [0, 0.05) is 41.7 Å². The first-order chi connectivity index (χ1) is 17.2. The number of Topliss-reactive ketones (excluding diaryl/α,β-unsaturated/α-hetero) is 1. The third-order valence-electron chi connectivity index (χ3n) is 6.88. The number of nitrogens with zero attached hydrogens (tertiary/aromatic N) is 4. The molecule has 0 atom stereocenters. The van der Waals surface area contributed by atoms with Crippen LogP contribution < -0.4 is 4.90 Å². The number of pyridine rings is 1. The highest BCUT2D eigenvalue weighted by Crippen LogP contribution is 2.33. The molecule has 1 saturated carbocycles. The van der Waals surface area contributed by atoms with Crippen molar-refractivity contribution >= 4 is 23.5 Å². The van der Waals surface area contributed by atoms with Gasteiger partial charge in [0.25, 0.3) is 0 Å². The lowest BCUT2D eigenvalue weighted by molar-refractivity contribution is -0.124. The van der Waals surface area contributed by atoms with E-state index in [4.69, 9.17) is 0 Å². The van der Waals surface area contributed by atoms with E-state index < -0.39 is 5.97 Å². The minimum absolute atomic E-state index is 0.0105. The first kappa shape index (κ1) is 25.3. The van der Waals surface area contributed by atoms with Crippen LogP contribution in [0.1, 0.15) is 74.1 Å². The monoisotopic (exact) mass is 488 g/mol. The molecule has 1 aromatic carbocycles. The molecular weight excluding hydrogens is 456 g/mol. The predicted molar refractivity (Wildman–Crippen MR) is 138 cm³/mol. The fourth-order valence-electron chi connectivity index (χ4n) is 4.73. The Hall–Kier alpha value is -3.81. The number of hydrogen-bond acceptors (Lipinski definition) is 5. The van der Waals surface area contributed by atoms with Gasteiger partial charge in [0.2, 0.25) is 5.91 Å². The highest BCUT2D eigenvalue weighted by atomic mass is 16.4. The molecular formula is C28H32N4O4. The number of benzene rings is 1. The maximum atomic E-state index is 13.5. The van der Waals surface area contributed by atoms with Gasteiger partial charge in [-0.05, 0) is 76.1 Å². The highest BCUT2D eigenvalue weighted by molar-refractivity contribution is 6.02. The highest BCUT2D eigenvalue weighted by Gasteiger charge is 2.34. The molecule has 0 radical (unpaired) electrons. The molecule has 0 aliphatic heterocycles. The van der Waals surface area contributed by atoms with Crippen LogP contribution in [0.3, 0.4) is 0 Å². The largest absolute Gasteiger partial charge is 0.477 e. The zero-order chi connectivity index (χ0) is 26.0. The fraction of sp³-hybridized carbons (Fsp3) is 0.393. The normalized spacial score (nSPS) is 17.7. The summed E-state index contributed by atoms with van der Waals surface area (Å²) in [5.41, 5.74) is 2.85. The first-order valence-corrected chi connectivity index (χ1v) is 12.4. The average Bonchev–Trinajstić information content (AvgIpc) is 3.29. The Bertz CT molecular complexity index is 1270. The molecule has 0 spiro atoms. The van der Waals surface area contributed by atoms with Crippen LogP contribution in [0.2, 0.25) is 0 Å². The summed E-state index contributed by atoms with van der Waals surface area (Å²) in [6.07, 6.45) is 8.30. The molecule has 8 nitrogen and oxygen atoms in total. The number of carboxylic acids is 1. The Morgan fingerprint density at radius 2 is 1.69 bits per heavy atom. The number of anilines is 1. The third-order valence-corrected chi connectivity index (χ3v) is 6.88. The minimum atomic E-state index is -1.13. The number of ketones is 1. The summed E-state index contributed by atoms with van der Waals surface area (Å²) >= 11 is 0. The average molecular weight is 489 g/mol. The topological polar surface area (TPSA) is 105 Å². The molecule has 1 aliphatic rings. The molecule has 0 bridgehead atoms. The molecule has 0 unspecified atom stereocenters. The first-order valence-electron chi connectivity index (χ1n) is 12.4. The maximum Gasteiger partial charge on any atom is 0.341 e. The second-order valence-corrected chi connectivity index (χ2v) is 9.94. The second kappa shape index (κ2) is 10.4. The van der Waals surface area contributed by atoms with E-state index in [2.05, 4.69) is 17.0 Å². The number of rotatable bonds is 7. The molecule has 2 aromatic heterocycles. The molecule has 1 fully saturated rings. The van der Waals surface area contributed by atoms with Crippen molar-refractivity contribution in [3.8, 4) is 16.8 Å². The Morgan fingerprint density at radius 1 is 1.03 bits per heavy atom. The van der Waals surface area contributed by atoms with Gasteiger partial charge in [-0.3, -0.25) is 19.5 Å². The van der Waals surface area contributed by atoms with Crippen molar-refractivity contribution in [2.45, 2.75) is 59.4 Å². The number of aromatic carboxylic acids is 1. The third kappa shape index (κ3) is 5.22. The van der Waals surface area contributed by atoms with Crippen LogP contribution in [-0.2, 0) is 4.79 Å². The standard InChI is InChI=1S/C28H32N4O4/c1-17(2)32(27(34)21-7-5-18(3)6-8-21)26-25(28(35)36)16-31(30-26)24-11-9-20(10-12-24)23-13-22(19(4)33)14-29-15-23/h9-18,21H,5-8H2,1-4H3,(H,35,36)/t18-,21-. The maximum absolute atomic E-state index is 13.5. The molecule has 3 aromatic rings. The number of carboxylic acid groups (broad SMARTS) is 1. The van der Waals surface area contributed by atoms with Gasteiger partial charge in [-0.1, -0.05) is 19.1 Å². The van der Waals surface area contributed by atoms with Crippen molar-refractivity contribution in [1.82, 2.24) is 14.8 Å². The predicted octanol–water partition coefficient (Wildman–Crippen LogP) is 5.40. The molecule has 4 rings (SSSR count). The molecule has 188 valence electrons. The molecule has 36 heavy (non-hydrogen) atoms. The summed E-state index contributed by atoms with van der Waals surface area (Å²) in [4.78, 5) is 43.0. The second-order valence-electron chi connectivity index (χ2n) is 9.94. The smallest absolute Gasteiger partial charge is 0.341 e. The van der Waals surface area contributed by atoms with Gasteiger partial charge in [0.15, 0.2) is 11.6 Å². The number of hydrogen-bond donors (Lipinski definition) is 1. The van der Waals surface area contributed by atoms with E-state index in [1.54, 1.807) is 17.2 Å². The zero-order valence-electron chi connectivity index (χ0n) is 21.1. The summed E-state index contributed by atoms with van der Waals surface area (Å²) in [5, 5.41) is 14.5. The van der Waals surface area contributed by atoms with E-state index in [0.717, 1.165) is 36.8 Å². The van der Waals surface area contributed by atoms with E-state index >= 15 is 0 Å². The van der Waals surface area contributed by atoms with Crippen LogP contribution >= 0.6 is 0 Å². The van der Waals surface area contributed by atoms with E-state index in [-0.39, 0.29) is 35.0 Å². The summed E-state index contributed by atoms with van der Waals surface area (Å²) in [7, 11) is 0. The van der Waals surface area contributed by atoms with E-state index in [1.807, 2.05) is 38.1 Å². The van der Waals surface area contributed by atoms with Crippen molar-refractivity contribution < 1.29 is 19.5 Å². The van der Waals surface area contributed by atoms with Crippen LogP contribution in [0.25, 0.3) is 16.8 Å². The lowest BCUT2D eigenvalue weighted by atomic mass is 9.82. The Morgan fingerprint density at radius 3 is 2.28 bits per heavy atom. The molecule has 1 aliphatic carbocycles. The van der Waals surface area contributed by atoms with Crippen molar-refractivity contribution in [3.63, 3.8) is 0 Å². The Kier molecular flexibility index (Phi) is 7.33. The van der Waals surface area contributed by atoms with E-state index in [0.29, 0.717) is 17.2 Å². The fourth-order valence-corrected chi connectivity index (χ4v) is 4.73. The lowest BCUT2D eigenvalue weighted by Gasteiger charge is -2.32. The summed E-state index contributed by atoms with van der Waals surface area (Å²) < 4.78 is 1.50. The molecule has 1 N–H and O–H groups in total. The van der Waals surface area contributed by atoms with Gasteiger partial charge in [-0.15, -0.1) is 5.10 Å². The van der Waals surface area contributed by atoms with Gasteiger partial charge in [-0.2, -0.15) is 0 Å².